The van der Waals surface area contributed by atoms with E-state index in [2.05, 4.69) is 0 Å². The van der Waals surface area contributed by atoms with Gasteiger partial charge < -0.3 is 23.8 Å². The Morgan fingerprint density at radius 2 is 1.77 bits per heavy atom. The Labute approximate surface area is 148 Å². The van der Waals surface area contributed by atoms with Gasteiger partial charge in [0, 0.05) is 13.2 Å². The summed E-state index contributed by atoms with van der Waals surface area (Å²) in [5, 5.41) is 0. The maximum absolute atomic E-state index is 12.6. The monoisotopic (exact) mass is 375 g/mol. The number of nitrogens with zero attached hydrogens (tertiary/aromatic N) is 1. The van der Waals surface area contributed by atoms with E-state index < -0.39 is 18.3 Å². The molecule has 0 saturated carbocycles. The van der Waals surface area contributed by atoms with Crippen molar-refractivity contribution >= 4 is 5.91 Å². The zero-order valence-corrected chi connectivity index (χ0v) is 14.1. The molecule has 144 valence electrons. The van der Waals surface area contributed by atoms with Crippen molar-refractivity contribution in [1.29, 1.82) is 0 Å². The number of halogens is 3. The molecule has 1 spiro atoms. The van der Waals surface area contributed by atoms with Gasteiger partial charge in [-0.15, -0.1) is 0 Å². The molecule has 1 amide bonds. The summed E-state index contributed by atoms with van der Waals surface area (Å²) in [6.07, 6.45) is -3.77. The summed E-state index contributed by atoms with van der Waals surface area (Å²) in [6.45, 7) is 0.506. The van der Waals surface area contributed by atoms with E-state index in [-0.39, 0.29) is 24.0 Å². The van der Waals surface area contributed by atoms with E-state index in [4.69, 9.17) is 18.9 Å². The minimum absolute atomic E-state index is 0.0569. The summed E-state index contributed by atoms with van der Waals surface area (Å²) in [5.74, 6) is -0.224. The average molecular weight is 375 g/mol. The molecule has 26 heavy (non-hydrogen) atoms. The van der Waals surface area contributed by atoms with Crippen LogP contribution in [0.15, 0.2) is 24.3 Å². The third-order valence-corrected chi connectivity index (χ3v) is 4.38. The quantitative estimate of drug-likeness (QED) is 0.788. The molecule has 0 N–H and O–H groups in total. The average Bonchev–Trinajstić information content (AvgIpc) is 3.07. The van der Waals surface area contributed by atoms with Gasteiger partial charge in [-0.2, -0.15) is 13.2 Å². The summed E-state index contributed by atoms with van der Waals surface area (Å²) in [7, 11) is 0. The number of carbonyl (C=O) groups is 1. The minimum atomic E-state index is -4.45. The molecule has 1 unspecified atom stereocenters. The molecule has 1 aromatic rings. The number of benzene rings is 1. The molecule has 3 rings (SSSR count). The normalized spacial score (nSPS) is 23.3. The highest BCUT2D eigenvalue weighted by Crippen LogP contribution is 2.31. The summed E-state index contributed by atoms with van der Waals surface area (Å²) in [4.78, 5) is 14.3. The number of para-hydroxylation sites is 2. The van der Waals surface area contributed by atoms with Crippen LogP contribution in [0, 0.1) is 0 Å². The van der Waals surface area contributed by atoms with Crippen LogP contribution >= 0.6 is 0 Å². The van der Waals surface area contributed by atoms with Gasteiger partial charge in [-0.3, -0.25) is 4.79 Å². The van der Waals surface area contributed by atoms with Crippen molar-refractivity contribution in [2.24, 2.45) is 0 Å². The molecule has 0 radical (unpaired) electrons. The summed E-state index contributed by atoms with van der Waals surface area (Å²) in [6, 6.07) is 5.97. The Balaban J connectivity index is 1.62. The molecule has 1 atom stereocenters. The Morgan fingerprint density at radius 1 is 1.12 bits per heavy atom. The van der Waals surface area contributed by atoms with E-state index >= 15 is 0 Å². The van der Waals surface area contributed by atoms with E-state index in [9.17, 15) is 18.0 Å². The van der Waals surface area contributed by atoms with Gasteiger partial charge in [0.25, 0.3) is 5.91 Å². The van der Waals surface area contributed by atoms with Crippen molar-refractivity contribution in [3.63, 3.8) is 0 Å². The van der Waals surface area contributed by atoms with Crippen LogP contribution in [0.4, 0.5) is 13.2 Å². The molecule has 1 aromatic carbocycles. The fourth-order valence-electron chi connectivity index (χ4n) is 3.11. The van der Waals surface area contributed by atoms with Crippen LogP contribution in [-0.2, 0) is 14.3 Å². The largest absolute Gasteiger partial charge is 0.480 e. The molecule has 2 saturated heterocycles. The number of hydrogen-bond donors (Lipinski definition) is 0. The van der Waals surface area contributed by atoms with E-state index in [0.29, 0.717) is 39.4 Å². The Morgan fingerprint density at radius 3 is 2.42 bits per heavy atom. The van der Waals surface area contributed by atoms with E-state index in [0.717, 1.165) is 0 Å². The van der Waals surface area contributed by atoms with Gasteiger partial charge in [-0.25, -0.2) is 0 Å². The molecule has 6 nitrogen and oxygen atoms in total. The number of amides is 1. The standard InChI is InChI=1S/C17H20F3NO5/c18-17(19,20)12-26-14-4-2-1-3-13(14)25-9-15(22)21-6-8-24-11-16(21)5-7-23-10-16/h1-4H,5-12H2. The van der Waals surface area contributed by atoms with Crippen LogP contribution in [0.2, 0.25) is 0 Å². The third kappa shape index (κ3) is 4.39. The first-order valence-corrected chi connectivity index (χ1v) is 8.27. The molecular weight excluding hydrogens is 355 g/mol. The summed E-state index contributed by atoms with van der Waals surface area (Å²) < 4.78 is 58.2. The van der Waals surface area contributed by atoms with Crippen LogP contribution in [0.1, 0.15) is 6.42 Å². The Hall–Kier alpha value is -2.00. The van der Waals surface area contributed by atoms with Gasteiger partial charge in [-0.05, 0) is 18.6 Å². The highest BCUT2D eigenvalue weighted by Gasteiger charge is 2.45. The molecule has 2 aliphatic heterocycles. The molecule has 0 aromatic heterocycles. The van der Waals surface area contributed by atoms with E-state index in [1.54, 1.807) is 11.0 Å². The molecule has 2 fully saturated rings. The lowest BCUT2D eigenvalue weighted by molar-refractivity contribution is -0.154. The first-order valence-electron chi connectivity index (χ1n) is 8.27. The first kappa shape index (κ1) is 18.8. The van der Waals surface area contributed by atoms with E-state index in [1.165, 1.54) is 18.2 Å². The number of carbonyl (C=O) groups excluding carboxylic acids is 1. The zero-order chi connectivity index (χ0) is 18.6. The Bertz CT molecular complexity index is 631. The Kier molecular flexibility index (Phi) is 5.57. The SMILES string of the molecule is O=C(COc1ccccc1OCC(F)(F)F)N1CCOCC12CCOC2. The van der Waals surface area contributed by atoms with Crippen molar-refractivity contribution in [3.8, 4) is 11.5 Å². The van der Waals surface area contributed by atoms with Crippen molar-refractivity contribution in [2.45, 2.75) is 18.1 Å². The third-order valence-electron chi connectivity index (χ3n) is 4.38. The maximum Gasteiger partial charge on any atom is 0.422 e. The molecule has 2 heterocycles. The second kappa shape index (κ2) is 7.71. The zero-order valence-electron chi connectivity index (χ0n) is 14.1. The first-order chi connectivity index (χ1) is 12.4. The van der Waals surface area contributed by atoms with Crippen LogP contribution in [0.25, 0.3) is 0 Å². The van der Waals surface area contributed by atoms with Crippen LogP contribution < -0.4 is 9.47 Å². The number of rotatable bonds is 5. The number of alkyl halides is 3. The minimum Gasteiger partial charge on any atom is -0.480 e. The van der Waals surface area contributed by atoms with Crippen molar-refractivity contribution in [1.82, 2.24) is 4.90 Å². The second-order valence-electron chi connectivity index (χ2n) is 6.26. The molecular formula is C17H20F3NO5. The van der Waals surface area contributed by atoms with Crippen LogP contribution in [-0.4, -0.2) is 68.7 Å². The van der Waals surface area contributed by atoms with Crippen molar-refractivity contribution < 1.29 is 36.9 Å². The molecule has 0 bridgehead atoms. The van der Waals surface area contributed by atoms with Gasteiger partial charge in [0.15, 0.2) is 24.7 Å². The fraction of sp³-hybridized carbons (Fsp3) is 0.588. The van der Waals surface area contributed by atoms with Gasteiger partial charge in [0.1, 0.15) is 0 Å². The topological polar surface area (TPSA) is 57.2 Å². The highest BCUT2D eigenvalue weighted by molar-refractivity contribution is 5.79. The summed E-state index contributed by atoms with van der Waals surface area (Å²) in [5.41, 5.74) is -0.481. The molecule has 2 aliphatic rings. The fourth-order valence-corrected chi connectivity index (χ4v) is 3.11. The van der Waals surface area contributed by atoms with Crippen molar-refractivity contribution in [2.75, 3.05) is 46.2 Å². The van der Waals surface area contributed by atoms with Crippen LogP contribution in [0.3, 0.4) is 0 Å². The smallest absolute Gasteiger partial charge is 0.422 e. The number of hydrogen-bond acceptors (Lipinski definition) is 5. The van der Waals surface area contributed by atoms with Gasteiger partial charge in [0.2, 0.25) is 0 Å². The maximum atomic E-state index is 12.6. The highest BCUT2D eigenvalue weighted by atomic mass is 19.4. The van der Waals surface area contributed by atoms with Crippen LogP contribution in [0.5, 0.6) is 11.5 Å². The van der Waals surface area contributed by atoms with Crippen molar-refractivity contribution in [3.05, 3.63) is 24.3 Å². The number of ether oxygens (including phenoxy) is 4. The lowest BCUT2D eigenvalue weighted by Crippen LogP contribution is -2.60. The van der Waals surface area contributed by atoms with E-state index in [1.807, 2.05) is 0 Å². The predicted octanol–water partition coefficient (Wildman–Crippen LogP) is 2.02. The summed E-state index contributed by atoms with van der Waals surface area (Å²) >= 11 is 0. The number of morpholine rings is 1. The predicted molar refractivity (Wildman–Crippen MR) is 84.2 cm³/mol. The second-order valence-corrected chi connectivity index (χ2v) is 6.26. The lowest BCUT2D eigenvalue weighted by Gasteiger charge is -2.43. The molecule has 0 aliphatic carbocycles. The molecule has 9 heteroatoms. The van der Waals surface area contributed by atoms with Gasteiger partial charge in [0.05, 0.1) is 25.4 Å². The van der Waals surface area contributed by atoms with Gasteiger partial charge in [-0.1, -0.05) is 12.1 Å². The lowest BCUT2D eigenvalue weighted by atomic mass is 9.96. The van der Waals surface area contributed by atoms with Gasteiger partial charge >= 0.3 is 6.18 Å².